The Morgan fingerprint density at radius 3 is 2.29 bits per heavy atom. The number of nitro benzene ring substituents is 1. The summed E-state index contributed by atoms with van der Waals surface area (Å²) in [5.41, 5.74) is -0.942. The van der Waals surface area contributed by atoms with E-state index in [1.165, 1.54) is 31.2 Å². The van der Waals surface area contributed by atoms with Crippen LogP contribution in [0.2, 0.25) is 0 Å². The Labute approximate surface area is 80.8 Å². The summed E-state index contributed by atoms with van der Waals surface area (Å²) >= 11 is 0. The van der Waals surface area contributed by atoms with Crippen molar-refractivity contribution in [1.82, 2.24) is 0 Å². The van der Waals surface area contributed by atoms with E-state index >= 15 is 0 Å². The molecule has 0 aliphatic carbocycles. The lowest BCUT2D eigenvalue weighted by molar-refractivity contribution is -0.384. The fraction of sp³-hybridized carbons (Fsp3) is 0.333. The summed E-state index contributed by atoms with van der Waals surface area (Å²) in [6.45, 7) is 1.01. The topological polar surface area (TPSA) is 83.6 Å². The van der Waals surface area contributed by atoms with Crippen molar-refractivity contribution in [3.63, 3.8) is 0 Å². The van der Waals surface area contributed by atoms with E-state index in [1.807, 2.05) is 0 Å². The smallest absolute Gasteiger partial charge is 0.269 e. The van der Waals surface area contributed by atoms with Gasteiger partial charge >= 0.3 is 0 Å². The highest BCUT2D eigenvalue weighted by Gasteiger charge is 2.22. The van der Waals surface area contributed by atoms with Crippen LogP contribution in [0.3, 0.4) is 0 Å². The lowest BCUT2D eigenvalue weighted by Crippen LogP contribution is -2.25. The first-order chi connectivity index (χ1) is 6.47. The van der Waals surface area contributed by atoms with Crippen molar-refractivity contribution in [2.24, 2.45) is 0 Å². The maximum absolute atomic E-state index is 10.3. The third kappa shape index (κ3) is 2.07. The number of aliphatic hydroxyl groups excluding tert-OH is 1. The summed E-state index contributed by atoms with van der Waals surface area (Å²) in [6, 6.07) is 5.43. The Balaban J connectivity index is 2.99. The number of benzene rings is 1. The fourth-order valence-corrected chi connectivity index (χ4v) is 1.03. The summed E-state index contributed by atoms with van der Waals surface area (Å²) in [7, 11) is 0. The molecule has 0 spiro atoms. The first-order valence-corrected chi connectivity index (χ1v) is 4.05. The number of nitrogens with zero attached hydrogens (tertiary/aromatic N) is 1. The maximum atomic E-state index is 10.3. The van der Waals surface area contributed by atoms with Crippen molar-refractivity contribution in [3.05, 3.63) is 39.9 Å². The van der Waals surface area contributed by atoms with Crippen molar-refractivity contribution >= 4 is 5.69 Å². The lowest BCUT2D eigenvalue weighted by Gasteiger charge is -2.20. The van der Waals surface area contributed by atoms with Gasteiger partial charge in [0.25, 0.3) is 5.69 Å². The third-order valence-electron chi connectivity index (χ3n) is 2.01. The molecule has 1 aromatic carbocycles. The molecule has 0 aliphatic heterocycles. The predicted molar refractivity (Wildman–Crippen MR) is 49.8 cm³/mol. The molecule has 76 valence electrons. The van der Waals surface area contributed by atoms with E-state index in [4.69, 9.17) is 5.11 Å². The van der Waals surface area contributed by atoms with E-state index in [2.05, 4.69) is 0 Å². The summed E-state index contributed by atoms with van der Waals surface area (Å²) in [4.78, 5) is 9.81. The minimum atomic E-state index is -1.35. The molecule has 0 saturated carbocycles. The van der Waals surface area contributed by atoms with Gasteiger partial charge in [0.15, 0.2) is 0 Å². The number of non-ortho nitro benzene ring substituents is 1. The number of hydrogen-bond acceptors (Lipinski definition) is 4. The van der Waals surface area contributed by atoms with Gasteiger partial charge in [0, 0.05) is 12.1 Å². The zero-order chi connectivity index (χ0) is 10.8. The van der Waals surface area contributed by atoms with Crippen LogP contribution in [-0.2, 0) is 5.60 Å². The first kappa shape index (κ1) is 10.6. The van der Waals surface area contributed by atoms with Crippen LogP contribution >= 0.6 is 0 Å². The van der Waals surface area contributed by atoms with Crippen molar-refractivity contribution in [1.29, 1.82) is 0 Å². The maximum Gasteiger partial charge on any atom is 0.269 e. The third-order valence-corrected chi connectivity index (χ3v) is 2.01. The highest BCUT2D eigenvalue weighted by atomic mass is 16.6. The predicted octanol–water partition coefficient (Wildman–Crippen LogP) is 0.795. The molecule has 0 aromatic heterocycles. The van der Waals surface area contributed by atoms with Crippen molar-refractivity contribution in [2.45, 2.75) is 12.5 Å². The Morgan fingerprint density at radius 2 is 1.93 bits per heavy atom. The lowest BCUT2D eigenvalue weighted by atomic mass is 9.97. The number of hydrogen-bond donors (Lipinski definition) is 2. The Bertz CT molecular complexity index is 331. The number of aliphatic hydroxyl groups is 2. The van der Waals surface area contributed by atoms with Crippen molar-refractivity contribution < 1.29 is 15.1 Å². The van der Waals surface area contributed by atoms with E-state index in [1.54, 1.807) is 0 Å². The van der Waals surface area contributed by atoms with Gasteiger partial charge in [0.2, 0.25) is 0 Å². The quantitative estimate of drug-likeness (QED) is 0.554. The van der Waals surface area contributed by atoms with Crippen LogP contribution in [0.5, 0.6) is 0 Å². The van der Waals surface area contributed by atoms with Crippen LogP contribution in [0.1, 0.15) is 12.5 Å². The van der Waals surface area contributed by atoms with Crippen molar-refractivity contribution in [2.75, 3.05) is 6.61 Å². The summed E-state index contributed by atoms with van der Waals surface area (Å²) < 4.78 is 0. The fourth-order valence-electron chi connectivity index (χ4n) is 1.03. The molecule has 0 saturated heterocycles. The molecule has 0 heterocycles. The molecule has 0 aliphatic rings. The molecular formula is C9H11NO4. The van der Waals surface area contributed by atoms with Crippen LogP contribution in [0.15, 0.2) is 24.3 Å². The molecule has 2 N–H and O–H groups in total. The zero-order valence-electron chi connectivity index (χ0n) is 7.67. The van der Waals surface area contributed by atoms with Crippen LogP contribution in [-0.4, -0.2) is 21.7 Å². The zero-order valence-corrected chi connectivity index (χ0v) is 7.67. The van der Waals surface area contributed by atoms with Gasteiger partial charge in [-0.15, -0.1) is 0 Å². The van der Waals surface area contributed by atoms with Gasteiger partial charge in [-0.2, -0.15) is 0 Å². The van der Waals surface area contributed by atoms with Gasteiger partial charge in [0.05, 0.1) is 11.5 Å². The van der Waals surface area contributed by atoms with E-state index < -0.39 is 17.1 Å². The Morgan fingerprint density at radius 1 is 1.43 bits per heavy atom. The van der Waals surface area contributed by atoms with Crippen LogP contribution < -0.4 is 0 Å². The van der Waals surface area contributed by atoms with Crippen LogP contribution in [0.25, 0.3) is 0 Å². The van der Waals surface area contributed by atoms with Gasteiger partial charge in [-0.1, -0.05) is 0 Å². The summed E-state index contributed by atoms with van der Waals surface area (Å²) in [5.74, 6) is 0. The molecule has 1 rings (SSSR count). The number of nitro groups is 1. The van der Waals surface area contributed by atoms with Gasteiger partial charge in [0.1, 0.15) is 5.60 Å². The monoisotopic (exact) mass is 197 g/mol. The summed E-state index contributed by atoms with van der Waals surface area (Å²) in [6.07, 6.45) is 0. The average molecular weight is 197 g/mol. The minimum Gasteiger partial charge on any atom is -0.393 e. The minimum absolute atomic E-state index is 0.0394. The molecule has 1 atom stereocenters. The Hall–Kier alpha value is -1.46. The van der Waals surface area contributed by atoms with E-state index in [0.29, 0.717) is 5.56 Å². The van der Waals surface area contributed by atoms with E-state index in [-0.39, 0.29) is 5.69 Å². The Kier molecular flexibility index (Phi) is 2.83. The van der Waals surface area contributed by atoms with Crippen LogP contribution in [0.4, 0.5) is 5.69 Å². The number of rotatable bonds is 3. The standard InChI is InChI=1S/C9H11NO4/c1-9(12,6-11)7-2-4-8(5-3-7)10(13)14/h2-5,11-12H,6H2,1H3. The molecule has 5 nitrogen and oxygen atoms in total. The summed E-state index contributed by atoms with van der Waals surface area (Å²) in [5, 5.41) is 28.8. The van der Waals surface area contributed by atoms with Crippen molar-refractivity contribution in [3.8, 4) is 0 Å². The van der Waals surface area contributed by atoms with Crippen LogP contribution in [0, 0.1) is 10.1 Å². The van der Waals surface area contributed by atoms with Gasteiger partial charge < -0.3 is 10.2 Å². The first-order valence-electron chi connectivity index (χ1n) is 4.05. The molecule has 14 heavy (non-hydrogen) atoms. The second-order valence-corrected chi connectivity index (χ2v) is 3.24. The molecule has 0 bridgehead atoms. The highest BCUT2D eigenvalue weighted by molar-refractivity contribution is 5.35. The van der Waals surface area contributed by atoms with E-state index in [9.17, 15) is 15.2 Å². The molecule has 1 unspecified atom stereocenters. The molecule has 0 fully saturated rings. The van der Waals surface area contributed by atoms with E-state index in [0.717, 1.165) is 0 Å². The average Bonchev–Trinajstić information content (AvgIpc) is 2.18. The normalized spacial score (nSPS) is 14.8. The molecule has 0 amide bonds. The SMILES string of the molecule is CC(O)(CO)c1ccc([N+](=O)[O-])cc1. The van der Waals surface area contributed by atoms with Gasteiger partial charge in [-0.3, -0.25) is 10.1 Å². The van der Waals surface area contributed by atoms with Gasteiger partial charge in [-0.05, 0) is 24.6 Å². The molecule has 5 heteroatoms. The second kappa shape index (κ2) is 3.73. The highest BCUT2D eigenvalue weighted by Crippen LogP contribution is 2.22. The van der Waals surface area contributed by atoms with Gasteiger partial charge in [-0.25, -0.2) is 0 Å². The molecule has 1 aromatic rings. The second-order valence-electron chi connectivity index (χ2n) is 3.24. The largest absolute Gasteiger partial charge is 0.393 e. The molecule has 0 radical (unpaired) electrons. The molecular weight excluding hydrogens is 186 g/mol.